The first kappa shape index (κ1) is 15.0. The lowest BCUT2D eigenvalue weighted by molar-refractivity contribution is 0.568. The number of thiophene rings is 1. The van der Waals surface area contributed by atoms with Crippen molar-refractivity contribution < 1.29 is 4.42 Å². The van der Waals surface area contributed by atoms with Gasteiger partial charge in [0, 0.05) is 22.5 Å². The van der Waals surface area contributed by atoms with Gasteiger partial charge in [-0.2, -0.15) is 0 Å². The van der Waals surface area contributed by atoms with Crippen molar-refractivity contribution in [2.24, 2.45) is 0 Å². The Kier molecular flexibility index (Phi) is 3.57. The molecule has 5 heteroatoms. The zero-order valence-electron chi connectivity index (χ0n) is 13.7. The lowest BCUT2D eigenvalue weighted by Crippen LogP contribution is -1.92. The Bertz CT molecular complexity index is 1180. The van der Waals surface area contributed by atoms with Crippen LogP contribution in [0.5, 0.6) is 0 Å². The quantitative estimate of drug-likeness (QED) is 0.418. The van der Waals surface area contributed by atoms with Gasteiger partial charge < -0.3 is 4.42 Å². The fourth-order valence-electron chi connectivity index (χ4n) is 3.01. The topological polar surface area (TPSA) is 51.8 Å². The number of nitrogens with zero attached hydrogens (tertiary/aromatic N) is 3. The van der Waals surface area contributed by atoms with Gasteiger partial charge in [0.1, 0.15) is 11.4 Å². The molecule has 0 radical (unpaired) electrons. The Labute approximate surface area is 153 Å². The number of rotatable bonds is 3. The number of benzene rings is 1. The van der Waals surface area contributed by atoms with E-state index in [0.717, 1.165) is 43.2 Å². The van der Waals surface area contributed by atoms with Gasteiger partial charge in [0.05, 0.1) is 28.0 Å². The molecule has 0 bridgehead atoms. The molecule has 0 amide bonds. The van der Waals surface area contributed by atoms with Crippen LogP contribution in [0.2, 0.25) is 0 Å². The summed E-state index contributed by atoms with van der Waals surface area (Å²) in [6.07, 6.45) is 5.15. The van der Waals surface area contributed by atoms with Crippen LogP contribution < -0.4 is 0 Å². The largest absolute Gasteiger partial charge is 0.472 e. The summed E-state index contributed by atoms with van der Waals surface area (Å²) < 4.78 is 5.21. The van der Waals surface area contributed by atoms with E-state index in [4.69, 9.17) is 4.42 Å². The molecule has 5 aromatic rings. The standard InChI is InChI=1S/C21H13N3OS/c1-2-6-16-15(5-1)20(14-10-12-25-13-14)23-24-21(16)19-9-8-18(26-19)17-7-3-4-11-22-17/h1-13H. The SMILES string of the molecule is c1ccc(-c2ccc(-c3nnc(-c4ccoc4)c4ccccc34)s2)nc1. The van der Waals surface area contributed by atoms with E-state index in [0.29, 0.717) is 0 Å². The number of aromatic nitrogens is 3. The molecule has 0 spiro atoms. The van der Waals surface area contributed by atoms with Gasteiger partial charge in [0.25, 0.3) is 0 Å². The van der Waals surface area contributed by atoms with Gasteiger partial charge in [0.2, 0.25) is 0 Å². The lowest BCUT2D eigenvalue weighted by atomic mass is 10.0. The third kappa shape index (κ3) is 2.50. The monoisotopic (exact) mass is 355 g/mol. The molecule has 0 unspecified atom stereocenters. The lowest BCUT2D eigenvalue weighted by Gasteiger charge is -2.06. The Balaban J connectivity index is 1.67. The van der Waals surface area contributed by atoms with E-state index in [1.165, 1.54) is 0 Å². The van der Waals surface area contributed by atoms with Crippen molar-refractivity contribution in [3.05, 3.63) is 79.4 Å². The van der Waals surface area contributed by atoms with Gasteiger partial charge in [-0.3, -0.25) is 4.98 Å². The number of hydrogen-bond acceptors (Lipinski definition) is 5. The third-order valence-corrected chi connectivity index (χ3v) is 5.35. The minimum Gasteiger partial charge on any atom is -0.472 e. The summed E-state index contributed by atoms with van der Waals surface area (Å²) in [7, 11) is 0. The first-order valence-electron chi connectivity index (χ1n) is 8.20. The Morgan fingerprint density at radius 3 is 2.27 bits per heavy atom. The van der Waals surface area contributed by atoms with Crippen molar-refractivity contribution in [1.82, 2.24) is 15.2 Å². The van der Waals surface area contributed by atoms with Crippen molar-refractivity contribution in [3.8, 4) is 32.4 Å². The van der Waals surface area contributed by atoms with Crippen molar-refractivity contribution >= 4 is 22.1 Å². The number of fused-ring (bicyclic) bond motifs is 1. The van der Waals surface area contributed by atoms with Crippen LogP contribution in [0.3, 0.4) is 0 Å². The van der Waals surface area contributed by atoms with Gasteiger partial charge in [0.15, 0.2) is 0 Å². The molecule has 4 aromatic heterocycles. The zero-order valence-corrected chi connectivity index (χ0v) is 14.5. The minimum atomic E-state index is 0.833. The van der Waals surface area contributed by atoms with Crippen LogP contribution in [0, 0.1) is 0 Å². The molecule has 0 fully saturated rings. The van der Waals surface area contributed by atoms with Crippen molar-refractivity contribution in [1.29, 1.82) is 0 Å². The van der Waals surface area contributed by atoms with Crippen molar-refractivity contribution in [2.75, 3.05) is 0 Å². The van der Waals surface area contributed by atoms with Crippen molar-refractivity contribution in [3.63, 3.8) is 0 Å². The van der Waals surface area contributed by atoms with E-state index in [1.807, 2.05) is 42.6 Å². The second-order valence-corrected chi connectivity index (χ2v) is 6.92. The molecule has 0 aliphatic carbocycles. The average molecular weight is 355 g/mol. The van der Waals surface area contributed by atoms with E-state index >= 15 is 0 Å². The molecular weight excluding hydrogens is 342 g/mol. The average Bonchev–Trinajstić information content (AvgIpc) is 3.40. The van der Waals surface area contributed by atoms with E-state index in [1.54, 1.807) is 23.9 Å². The Morgan fingerprint density at radius 2 is 1.50 bits per heavy atom. The first-order chi connectivity index (χ1) is 12.9. The highest BCUT2D eigenvalue weighted by Gasteiger charge is 2.15. The van der Waals surface area contributed by atoms with Crippen LogP contribution in [-0.2, 0) is 0 Å². The van der Waals surface area contributed by atoms with E-state index < -0.39 is 0 Å². The third-order valence-electron chi connectivity index (χ3n) is 4.24. The molecule has 0 aliphatic heterocycles. The molecule has 0 aliphatic rings. The second kappa shape index (κ2) is 6.20. The van der Waals surface area contributed by atoms with Gasteiger partial charge in [-0.25, -0.2) is 0 Å². The van der Waals surface area contributed by atoms with E-state index in [2.05, 4.69) is 39.4 Å². The van der Waals surface area contributed by atoms with E-state index in [9.17, 15) is 0 Å². The van der Waals surface area contributed by atoms with E-state index in [-0.39, 0.29) is 0 Å². The Morgan fingerprint density at radius 1 is 0.731 bits per heavy atom. The highest BCUT2D eigenvalue weighted by atomic mass is 32.1. The first-order valence-corrected chi connectivity index (χ1v) is 9.01. The number of pyridine rings is 1. The van der Waals surface area contributed by atoms with Gasteiger partial charge >= 0.3 is 0 Å². The molecule has 26 heavy (non-hydrogen) atoms. The summed E-state index contributed by atoms with van der Waals surface area (Å²) in [6, 6.07) is 20.2. The Hall–Kier alpha value is -3.31. The van der Waals surface area contributed by atoms with Crippen LogP contribution in [0.1, 0.15) is 0 Å². The molecule has 1 aromatic carbocycles. The van der Waals surface area contributed by atoms with Crippen LogP contribution in [0.15, 0.2) is 83.8 Å². The smallest absolute Gasteiger partial charge is 0.111 e. The summed E-state index contributed by atoms with van der Waals surface area (Å²) in [5.41, 5.74) is 3.62. The predicted octanol–water partition coefficient (Wildman–Crippen LogP) is 5.68. The summed E-state index contributed by atoms with van der Waals surface area (Å²) >= 11 is 1.67. The summed E-state index contributed by atoms with van der Waals surface area (Å²) in [6.45, 7) is 0. The summed E-state index contributed by atoms with van der Waals surface area (Å²) in [4.78, 5) is 6.62. The molecule has 124 valence electrons. The van der Waals surface area contributed by atoms with Crippen LogP contribution in [0.4, 0.5) is 0 Å². The molecule has 0 saturated heterocycles. The van der Waals surface area contributed by atoms with Crippen LogP contribution in [-0.4, -0.2) is 15.2 Å². The number of hydrogen-bond donors (Lipinski definition) is 0. The summed E-state index contributed by atoms with van der Waals surface area (Å²) in [5, 5.41) is 11.2. The maximum atomic E-state index is 5.21. The maximum absolute atomic E-state index is 5.21. The number of furan rings is 1. The minimum absolute atomic E-state index is 0.833. The second-order valence-electron chi connectivity index (χ2n) is 5.83. The van der Waals surface area contributed by atoms with Crippen LogP contribution >= 0.6 is 11.3 Å². The molecular formula is C21H13N3OS. The highest BCUT2D eigenvalue weighted by molar-refractivity contribution is 7.18. The molecule has 5 rings (SSSR count). The maximum Gasteiger partial charge on any atom is 0.111 e. The normalized spacial score (nSPS) is 11.1. The molecule has 0 atom stereocenters. The summed E-state index contributed by atoms with van der Waals surface area (Å²) in [5.74, 6) is 0. The molecule has 0 saturated carbocycles. The highest BCUT2D eigenvalue weighted by Crippen LogP contribution is 2.37. The molecule has 4 nitrogen and oxygen atoms in total. The van der Waals surface area contributed by atoms with Crippen LogP contribution in [0.25, 0.3) is 43.2 Å². The predicted molar refractivity (Wildman–Crippen MR) is 104 cm³/mol. The van der Waals surface area contributed by atoms with Gasteiger partial charge in [-0.05, 0) is 30.3 Å². The molecule has 4 heterocycles. The van der Waals surface area contributed by atoms with Gasteiger partial charge in [-0.1, -0.05) is 30.3 Å². The fourth-order valence-corrected chi connectivity index (χ4v) is 3.99. The zero-order chi connectivity index (χ0) is 17.3. The fraction of sp³-hybridized carbons (Fsp3) is 0. The van der Waals surface area contributed by atoms with Gasteiger partial charge in [-0.15, -0.1) is 21.5 Å². The van der Waals surface area contributed by atoms with Crippen molar-refractivity contribution in [2.45, 2.75) is 0 Å². The molecule has 0 N–H and O–H groups in total.